The molecule has 26 heavy (non-hydrogen) atoms. The number of hydrogen-bond donors (Lipinski definition) is 1. The first-order chi connectivity index (χ1) is 12.6. The second-order valence-corrected chi connectivity index (χ2v) is 10.3. The summed E-state index contributed by atoms with van der Waals surface area (Å²) in [5, 5.41) is 8.09. The summed E-state index contributed by atoms with van der Waals surface area (Å²) in [6.45, 7) is 3.31. The zero-order chi connectivity index (χ0) is 17.6. The van der Waals surface area contributed by atoms with Crippen LogP contribution < -0.4 is 0 Å². The fraction of sp³-hybridized carbons (Fsp3) is 0.792. The van der Waals surface area contributed by atoms with Crippen LogP contribution in [-0.4, -0.2) is 17.9 Å². The molecule has 2 nitrogen and oxygen atoms in total. The molecule has 0 bridgehead atoms. The van der Waals surface area contributed by atoms with Gasteiger partial charge in [0.15, 0.2) is 0 Å². The summed E-state index contributed by atoms with van der Waals surface area (Å²) in [4.78, 5) is 0. The third-order valence-electron chi connectivity index (χ3n) is 9.93. The van der Waals surface area contributed by atoms with Crippen molar-refractivity contribution in [3.05, 3.63) is 23.8 Å². The van der Waals surface area contributed by atoms with Crippen molar-refractivity contribution in [2.45, 2.75) is 76.7 Å². The fourth-order valence-electron chi connectivity index (χ4n) is 8.84. The summed E-state index contributed by atoms with van der Waals surface area (Å²) < 4.78 is 6.69. The molecule has 1 heterocycles. The number of allylic oxidation sites excluding steroid dienone is 2. The van der Waals surface area contributed by atoms with E-state index >= 15 is 0 Å². The summed E-state index contributed by atoms with van der Waals surface area (Å²) in [7, 11) is 0. The molecule has 1 N–H and O–H groups in total. The average Bonchev–Trinajstić information content (AvgIpc) is 3.19. The zero-order valence-corrected chi connectivity index (χ0v) is 16.2. The Bertz CT molecular complexity index is 716. The smallest absolute Gasteiger partial charge is 0.0982 e. The first-order valence-corrected chi connectivity index (χ1v) is 11.2. The molecule has 0 aromatic rings. The lowest BCUT2D eigenvalue weighted by Crippen LogP contribution is -2.55. The van der Waals surface area contributed by atoms with E-state index in [1.54, 1.807) is 5.57 Å². The van der Waals surface area contributed by atoms with Gasteiger partial charge in [0.1, 0.15) is 0 Å². The highest BCUT2D eigenvalue weighted by Crippen LogP contribution is 2.79. The van der Waals surface area contributed by atoms with Crippen LogP contribution in [0.4, 0.5) is 0 Å². The molecule has 0 amide bonds. The van der Waals surface area contributed by atoms with Gasteiger partial charge in [0.2, 0.25) is 0 Å². The van der Waals surface area contributed by atoms with Crippen LogP contribution >= 0.6 is 0 Å². The monoisotopic (exact) mass is 351 g/mol. The Kier molecular flexibility index (Phi) is 3.18. The molecule has 6 unspecified atom stereocenters. The van der Waals surface area contributed by atoms with Gasteiger partial charge in [0.05, 0.1) is 12.2 Å². The van der Waals surface area contributed by atoms with Crippen molar-refractivity contribution in [2.24, 2.45) is 34.5 Å². The van der Waals surface area contributed by atoms with Crippen LogP contribution in [0.3, 0.4) is 0 Å². The minimum Gasteiger partial charge on any atom is -0.366 e. The van der Waals surface area contributed by atoms with Crippen molar-refractivity contribution in [2.75, 3.05) is 6.61 Å². The predicted molar refractivity (Wildman–Crippen MR) is 104 cm³/mol. The molecule has 140 valence electrons. The third kappa shape index (κ3) is 1.72. The van der Waals surface area contributed by atoms with E-state index in [0.29, 0.717) is 10.8 Å². The lowest BCUT2D eigenvalue weighted by atomic mass is 9.49. The molecule has 0 aromatic carbocycles. The van der Waals surface area contributed by atoms with E-state index in [1.807, 2.05) is 0 Å². The number of fused-ring (bicyclic) bond motifs is 7. The van der Waals surface area contributed by atoms with E-state index in [9.17, 15) is 0 Å². The van der Waals surface area contributed by atoms with Gasteiger partial charge in [-0.1, -0.05) is 24.6 Å². The molecule has 0 aromatic heterocycles. The zero-order valence-electron chi connectivity index (χ0n) is 16.2. The van der Waals surface area contributed by atoms with Crippen LogP contribution in [0.2, 0.25) is 0 Å². The first-order valence-electron chi connectivity index (χ1n) is 11.2. The van der Waals surface area contributed by atoms with Crippen LogP contribution in [0.1, 0.15) is 71.1 Å². The third-order valence-corrected chi connectivity index (χ3v) is 9.93. The topological polar surface area (TPSA) is 33.1 Å². The maximum absolute atomic E-state index is 8.09. The van der Waals surface area contributed by atoms with Crippen molar-refractivity contribution in [3.8, 4) is 0 Å². The van der Waals surface area contributed by atoms with E-state index in [1.165, 1.54) is 57.8 Å². The second kappa shape index (κ2) is 5.13. The quantitative estimate of drug-likeness (QED) is 0.605. The Labute approximate surface area is 158 Å². The van der Waals surface area contributed by atoms with E-state index in [4.69, 9.17) is 10.1 Å². The van der Waals surface area contributed by atoms with Gasteiger partial charge in [0.25, 0.3) is 0 Å². The molecule has 6 atom stereocenters. The van der Waals surface area contributed by atoms with Gasteiger partial charge in [-0.3, -0.25) is 0 Å². The SMILES string of the molecule is CCC12CCC3C4CCC(=N)C=C4CCC3C1CC1(CC1)C21C=CCO1. The fourth-order valence-corrected chi connectivity index (χ4v) is 8.84. The highest BCUT2D eigenvalue weighted by Gasteiger charge is 2.77. The number of rotatable bonds is 1. The molecule has 0 saturated heterocycles. The van der Waals surface area contributed by atoms with Crippen LogP contribution in [0.25, 0.3) is 0 Å². The molecule has 1 aliphatic heterocycles. The van der Waals surface area contributed by atoms with Gasteiger partial charge < -0.3 is 10.1 Å². The number of nitrogens with one attached hydrogen (secondary N) is 1. The molecule has 6 rings (SSSR count). The molecule has 0 radical (unpaired) electrons. The Morgan fingerprint density at radius 3 is 2.73 bits per heavy atom. The van der Waals surface area contributed by atoms with Gasteiger partial charge in [0, 0.05) is 16.5 Å². The van der Waals surface area contributed by atoms with Gasteiger partial charge in [-0.05, 0) is 94.0 Å². The Morgan fingerprint density at radius 2 is 2.00 bits per heavy atom. The van der Waals surface area contributed by atoms with Crippen molar-refractivity contribution < 1.29 is 4.74 Å². The van der Waals surface area contributed by atoms with Crippen molar-refractivity contribution in [1.82, 2.24) is 0 Å². The van der Waals surface area contributed by atoms with Gasteiger partial charge in [-0.2, -0.15) is 0 Å². The maximum atomic E-state index is 8.09. The minimum atomic E-state index is 0.0786. The van der Waals surface area contributed by atoms with Gasteiger partial charge in [-0.15, -0.1) is 0 Å². The summed E-state index contributed by atoms with van der Waals surface area (Å²) in [6.07, 6.45) is 20.4. The minimum absolute atomic E-state index is 0.0786. The van der Waals surface area contributed by atoms with Gasteiger partial charge >= 0.3 is 0 Å². The summed E-state index contributed by atoms with van der Waals surface area (Å²) >= 11 is 0. The van der Waals surface area contributed by atoms with Crippen molar-refractivity contribution in [1.29, 1.82) is 5.41 Å². The summed E-state index contributed by atoms with van der Waals surface area (Å²) in [6, 6.07) is 0. The highest BCUT2D eigenvalue weighted by molar-refractivity contribution is 5.93. The van der Waals surface area contributed by atoms with Crippen LogP contribution in [0.15, 0.2) is 23.8 Å². The molecule has 4 fully saturated rings. The van der Waals surface area contributed by atoms with Gasteiger partial charge in [-0.25, -0.2) is 0 Å². The summed E-state index contributed by atoms with van der Waals surface area (Å²) in [5.41, 5.74) is 3.49. The average molecular weight is 352 g/mol. The standard InChI is InChI=1S/C24H33NO/c1-2-23-10-8-19-18-7-5-17(25)14-16(18)4-6-20(19)21(23)15-22(11-12-22)24(23)9-3-13-26-24/h3,9,14,18-21,25H,2,4-8,10-13,15H2,1H3. The largest absolute Gasteiger partial charge is 0.366 e. The molecular formula is C24H33NO. The second-order valence-electron chi connectivity index (χ2n) is 10.3. The van der Waals surface area contributed by atoms with E-state index in [0.717, 1.165) is 42.4 Å². The number of hydrogen-bond acceptors (Lipinski definition) is 2. The van der Waals surface area contributed by atoms with Crippen LogP contribution in [0, 0.1) is 39.9 Å². The van der Waals surface area contributed by atoms with Crippen LogP contribution in [-0.2, 0) is 4.74 Å². The Morgan fingerprint density at radius 1 is 1.12 bits per heavy atom. The molecule has 6 aliphatic rings. The molecule has 2 heteroatoms. The number of ether oxygens (including phenoxy) is 1. The van der Waals surface area contributed by atoms with E-state index in [2.05, 4.69) is 25.2 Å². The Hall–Kier alpha value is -0.890. The van der Waals surface area contributed by atoms with Crippen molar-refractivity contribution >= 4 is 5.71 Å². The van der Waals surface area contributed by atoms with E-state index < -0.39 is 0 Å². The molecule has 5 aliphatic carbocycles. The molecule has 2 spiro atoms. The first kappa shape index (κ1) is 16.1. The predicted octanol–water partition coefficient (Wildman–Crippen LogP) is 5.68. The lowest BCUT2D eigenvalue weighted by molar-refractivity contribution is -0.139. The Balaban J connectivity index is 1.41. The normalized spacial score (nSPS) is 50.5. The molecule has 4 saturated carbocycles. The lowest BCUT2D eigenvalue weighted by Gasteiger charge is -2.57. The maximum Gasteiger partial charge on any atom is 0.0982 e. The van der Waals surface area contributed by atoms with Crippen molar-refractivity contribution in [3.63, 3.8) is 0 Å². The van der Waals surface area contributed by atoms with E-state index in [-0.39, 0.29) is 5.60 Å². The summed E-state index contributed by atoms with van der Waals surface area (Å²) in [5.74, 6) is 3.47. The van der Waals surface area contributed by atoms with Crippen LogP contribution in [0.5, 0.6) is 0 Å². The molecular weight excluding hydrogens is 318 g/mol. The highest BCUT2D eigenvalue weighted by atomic mass is 16.5.